The van der Waals surface area contributed by atoms with Crippen LogP contribution >= 0.6 is 24.0 Å². The number of β-amino-alcohol motifs (C(OH)–C–C–N with tert-alkyl or cyclic N) is 1. The number of benzene rings is 1. The van der Waals surface area contributed by atoms with E-state index in [0.717, 1.165) is 6.07 Å². The van der Waals surface area contributed by atoms with Gasteiger partial charge in [-0.2, -0.15) is 0 Å². The van der Waals surface area contributed by atoms with E-state index in [0.29, 0.717) is 30.6 Å². The summed E-state index contributed by atoms with van der Waals surface area (Å²) in [6.45, 7) is 8.40. The Morgan fingerprint density at radius 1 is 1.28 bits per heavy atom. The molecule has 1 aliphatic rings. The van der Waals surface area contributed by atoms with Crippen molar-refractivity contribution in [2.45, 2.75) is 18.4 Å². The number of piperidine rings is 1. The van der Waals surface area contributed by atoms with E-state index in [2.05, 4.69) is 13.2 Å². The van der Waals surface area contributed by atoms with Crippen LogP contribution in [0.4, 0.5) is 0 Å². The number of aliphatic hydroxyl groups excluding tert-OH is 1. The molecule has 29 heavy (non-hydrogen) atoms. The molecule has 3 rings (SSSR count). The van der Waals surface area contributed by atoms with Crippen molar-refractivity contribution in [3.8, 4) is 11.5 Å². The number of hydrogen-bond donors (Lipinski definition) is 3. The molecule has 0 bridgehead atoms. The van der Waals surface area contributed by atoms with Crippen molar-refractivity contribution < 1.29 is 19.7 Å². The van der Waals surface area contributed by atoms with Crippen LogP contribution in [0.2, 0.25) is 0 Å². The Balaban J connectivity index is 0.00000300. The molecule has 8 heteroatoms. The van der Waals surface area contributed by atoms with Gasteiger partial charge in [-0.05, 0) is 26.1 Å². The van der Waals surface area contributed by atoms with Crippen LogP contribution in [0.3, 0.4) is 0 Å². The highest BCUT2D eigenvalue weighted by Crippen LogP contribution is 2.42. The Bertz CT molecular complexity index is 1040. The second-order valence-electron chi connectivity index (χ2n) is 6.90. The lowest BCUT2D eigenvalue weighted by atomic mass is 9.85. The fraction of sp³-hybridized carbons (Fsp3) is 0.286. The highest BCUT2D eigenvalue weighted by Gasteiger charge is 2.33. The summed E-state index contributed by atoms with van der Waals surface area (Å²) >= 11 is 6.14. The molecular weight excluding hydrogens is 417 g/mol. The topological polar surface area (TPSA) is 94.1 Å². The quantitative estimate of drug-likeness (QED) is 0.628. The Kier molecular flexibility index (Phi) is 7.19. The molecule has 0 aliphatic carbocycles. The molecule has 1 aromatic carbocycles. The van der Waals surface area contributed by atoms with Crippen LogP contribution in [-0.2, 0) is 0 Å². The van der Waals surface area contributed by atoms with E-state index in [9.17, 15) is 20.1 Å². The largest absolute Gasteiger partial charge is 0.507 e. The minimum absolute atomic E-state index is 0. The van der Waals surface area contributed by atoms with Gasteiger partial charge in [0.2, 0.25) is 0 Å². The molecule has 1 aromatic heterocycles. The molecule has 1 saturated heterocycles. The van der Waals surface area contributed by atoms with E-state index >= 15 is 0 Å². The Hall–Kier alpha value is -2.25. The van der Waals surface area contributed by atoms with E-state index in [1.807, 2.05) is 11.9 Å². The zero-order chi connectivity index (χ0) is 20.6. The number of aromatic hydroxyl groups is 2. The van der Waals surface area contributed by atoms with Crippen LogP contribution in [0.1, 0.15) is 23.7 Å². The van der Waals surface area contributed by atoms with Crippen LogP contribution in [0.15, 0.2) is 51.7 Å². The standard InChI is InChI=1S/C21H22ClNO5.ClH/c1-4-11(13(22)5-2)18-9-16(26)20-15(25)8-14(24)19(21(20)28-18)12-6-7-23(3)10-17(12)27;/h4-5,8-9,12,17,24-25,27H,1-2,6-7,10H2,3H3;1H/b13-11-;. The van der Waals surface area contributed by atoms with Crippen molar-refractivity contribution in [1.82, 2.24) is 4.90 Å². The Morgan fingerprint density at radius 3 is 2.55 bits per heavy atom. The molecule has 2 heterocycles. The zero-order valence-electron chi connectivity index (χ0n) is 15.9. The monoisotopic (exact) mass is 439 g/mol. The first kappa shape index (κ1) is 23.0. The first-order valence-corrected chi connectivity index (χ1v) is 9.20. The number of phenolic OH excluding ortho intramolecular Hbond substituents is 2. The number of nitrogens with zero attached hydrogens (tertiary/aromatic N) is 1. The number of likely N-dealkylation sites (N-methyl/N-ethyl adjacent to an activating group) is 1. The van der Waals surface area contributed by atoms with E-state index < -0.39 is 23.2 Å². The third-order valence-electron chi connectivity index (χ3n) is 5.06. The maximum atomic E-state index is 12.7. The summed E-state index contributed by atoms with van der Waals surface area (Å²) < 4.78 is 5.93. The molecule has 0 spiro atoms. The second kappa shape index (κ2) is 9.05. The minimum Gasteiger partial charge on any atom is -0.507 e. The van der Waals surface area contributed by atoms with E-state index in [1.54, 1.807) is 0 Å². The van der Waals surface area contributed by atoms with Crippen molar-refractivity contribution in [3.05, 3.63) is 64.0 Å². The Morgan fingerprint density at radius 2 is 1.97 bits per heavy atom. The maximum absolute atomic E-state index is 12.7. The van der Waals surface area contributed by atoms with Gasteiger partial charge in [-0.25, -0.2) is 0 Å². The second-order valence-corrected chi connectivity index (χ2v) is 7.31. The first-order valence-electron chi connectivity index (χ1n) is 8.82. The summed E-state index contributed by atoms with van der Waals surface area (Å²) in [5.41, 5.74) is 0.186. The molecule has 0 saturated carbocycles. The van der Waals surface area contributed by atoms with Gasteiger partial charge in [0.15, 0.2) is 5.43 Å². The van der Waals surface area contributed by atoms with Gasteiger partial charge in [-0.3, -0.25) is 4.79 Å². The maximum Gasteiger partial charge on any atom is 0.197 e. The number of rotatable bonds is 4. The summed E-state index contributed by atoms with van der Waals surface area (Å²) in [7, 11) is 1.89. The summed E-state index contributed by atoms with van der Waals surface area (Å²) in [5.74, 6) is -0.953. The molecule has 6 nitrogen and oxygen atoms in total. The predicted octanol–water partition coefficient (Wildman–Crippen LogP) is 3.73. The van der Waals surface area contributed by atoms with Crippen LogP contribution in [0, 0.1) is 0 Å². The van der Waals surface area contributed by atoms with Gasteiger partial charge in [0.25, 0.3) is 0 Å². The average molecular weight is 440 g/mol. The number of halogens is 2. The predicted molar refractivity (Wildman–Crippen MR) is 117 cm³/mol. The van der Waals surface area contributed by atoms with Gasteiger partial charge in [0, 0.05) is 35.7 Å². The smallest absolute Gasteiger partial charge is 0.197 e. The van der Waals surface area contributed by atoms with Gasteiger partial charge in [-0.15, -0.1) is 12.4 Å². The lowest BCUT2D eigenvalue weighted by Gasteiger charge is -2.34. The van der Waals surface area contributed by atoms with Crippen LogP contribution in [0.25, 0.3) is 16.5 Å². The van der Waals surface area contributed by atoms with Gasteiger partial charge >= 0.3 is 0 Å². The van der Waals surface area contributed by atoms with Crippen molar-refractivity contribution in [2.24, 2.45) is 0 Å². The van der Waals surface area contributed by atoms with Gasteiger partial charge in [0.05, 0.1) is 11.1 Å². The van der Waals surface area contributed by atoms with Crippen molar-refractivity contribution in [3.63, 3.8) is 0 Å². The van der Waals surface area contributed by atoms with Gasteiger partial charge in [0.1, 0.15) is 28.2 Å². The number of hydrogen-bond acceptors (Lipinski definition) is 6. The summed E-state index contributed by atoms with van der Waals surface area (Å²) in [6.07, 6.45) is 2.61. The molecule has 1 aliphatic heterocycles. The third-order valence-corrected chi connectivity index (χ3v) is 5.42. The molecule has 0 radical (unpaired) electrons. The average Bonchev–Trinajstić information content (AvgIpc) is 2.63. The first-order chi connectivity index (χ1) is 13.3. The number of phenols is 2. The van der Waals surface area contributed by atoms with Crippen LogP contribution < -0.4 is 5.43 Å². The van der Waals surface area contributed by atoms with Crippen LogP contribution in [-0.4, -0.2) is 46.5 Å². The third kappa shape index (κ3) is 4.21. The number of fused-ring (bicyclic) bond motifs is 1. The molecule has 156 valence electrons. The number of aliphatic hydroxyl groups is 1. The SMILES string of the molecule is C=C/C(Cl)=C(\C=C)c1cc(=O)c2c(O)cc(O)c(C3CCN(C)CC3O)c2o1.Cl. The van der Waals surface area contributed by atoms with Gasteiger partial charge in [-0.1, -0.05) is 30.8 Å². The molecule has 0 amide bonds. The Labute approximate surface area is 179 Å². The van der Waals surface area contributed by atoms with Crippen molar-refractivity contribution >= 4 is 40.6 Å². The lowest BCUT2D eigenvalue weighted by Crippen LogP contribution is -2.40. The number of allylic oxidation sites excluding steroid dienone is 4. The van der Waals surface area contributed by atoms with Crippen LogP contribution in [0.5, 0.6) is 11.5 Å². The van der Waals surface area contributed by atoms with E-state index in [1.165, 1.54) is 18.2 Å². The molecule has 2 aromatic rings. The summed E-state index contributed by atoms with van der Waals surface area (Å²) in [6, 6.07) is 2.32. The van der Waals surface area contributed by atoms with E-state index in [-0.39, 0.29) is 39.9 Å². The fourth-order valence-corrected chi connectivity index (χ4v) is 3.84. The summed E-state index contributed by atoms with van der Waals surface area (Å²) in [4.78, 5) is 14.7. The molecule has 1 fully saturated rings. The zero-order valence-corrected chi connectivity index (χ0v) is 17.5. The number of likely N-dealkylation sites (tertiary alicyclic amines) is 1. The van der Waals surface area contributed by atoms with Crippen molar-refractivity contribution in [2.75, 3.05) is 20.1 Å². The highest BCUT2D eigenvalue weighted by atomic mass is 35.5. The summed E-state index contributed by atoms with van der Waals surface area (Å²) in [5, 5.41) is 31.5. The molecule has 3 N–H and O–H groups in total. The molecule has 2 atom stereocenters. The van der Waals surface area contributed by atoms with Crippen molar-refractivity contribution in [1.29, 1.82) is 0 Å². The normalized spacial score (nSPS) is 20.7. The molecule has 2 unspecified atom stereocenters. The van der Waals surface area contributed by atoms with Gasteiger partial charge < -0.3 is 24.6 Å². The highest BCUT2D eigenvalue weighted by molar-refractivity contribution is 6.34. The van der Waals surface area contributed by atoms with E-state index in [4.69, 9.17) is 16.0 Å². The lowest BCUT2D eigenvalue weighted by molar-refractivity contribution is 0.0630. The fourth-order valence-electron chi connectivity index (χ4n) is 3.66. The minimum atomic E-state index is -0.766. The molecular formula is C21H23Cl2NO5.